The molecular formula is C19H18N4O3. The van der Waals surface area contributed by atoms with Crippen LogP contribution in [-0.2, 0) is 4.79 Å². The molecule has 0 saturated carbocycles. The smallest absolute Gasteiger partial charge is 0.255 e. The zero-order valence-electron chi connectivity index (χ0n) is 14.4. The van der Waals surface area contributed by atoms with Gasteiger partial charge in [0.15, 0.2) is 0 Å². The number of anilines is 1. The van der Waals surface area contributed by atoms with E-state index in [0.717, 1.165) is 11.3 Å². The number of aryl methyl sites for hydroxylation is 1. The summed E-state index contributed by atoms with van der Waals surface area (Å²) in [4.78, 5) is 32.8. The van der Waals surface area contributed by atoms with Crippen molar-refractivity contribution in [2.24, 2.45) is 0 Å². The van der Waals surface area contributed by atoms with Crippen molar-refractivity contribution in [3.05, 3.63) is 66.5 Å². The predicted octanol–water partition coefficient (Wildman–Crippen LogP) is 2.80. The van der Waals surface area contributed by atoms with Gasteiger partial charge in [-0.3, -0.25) is 9.59 Å². The summed E-state index contributed by atoms with van der Waals surface area (Å²) in [6, 6.07) is 9.97. The highest BCUT2D eigenvalue weighted by Crippen LogP contribution is 2.20. The van der Waals surface area contributed by atoms with Crippen LogP contribution >= 0.6 is 0 Å². The van der Waals surface area contributed by atoms with Crippen LogP contribution in [0.3, 0.4) is 0 Å². The second kappa shape index (κ2) is 7.60. The highest BCUT2D eigenvalue weighted by molar-refractivity contribution is 6.01. The Bertz CT molecular complexity index is 922. The van der Waals surface area contributed by atoms with Crippen molar-refractivity contribution in [1.82, 2.24) is 15.3 Å². The molecule has 0 bridgehead atoms. The van der Waals surface area contributed by atoms with E-state index >= 15 is 0 Å². The van der Waals surface area contributed by atoms with Crippen LogP contribution in [0.1, 0.15) is 23.1 Å². The monoisotopic (exact) mass is 350 g/mol. The summed E-state index contributed by atoms with van der Waals surface area (Å²) in [6.45, 7) is 3.43. The molecule has 0 aliphatic heterocycles. The van der Waals surface area contributed by atoms with Gasteiger partial charge in [-0.25, -0.2) is 9.97 Å². The number of hydrogen-bond donors (Lipinski definition) is 2. The average molecular weight is 350 g/mol. The second-order valence-corrected chi connectivity index (χ2v) is 5.77. The summed E-state index contributed by atoms with van der Waals surface area (Å²) in [5.41, 5.74) is 2.62. The molecule has 26 heavy (non-hydrogen) atoms. The van der Waals surface area contributed by atoms with Crippen LogP contribution in [-0.4, -0.2) is 27.8 Å². The third kappa shape index (κ3) is 4.13. The Kier molecular flexibility index (Phi) is 5.07. The fourth-order valence-electron chi connectivity index (χ4n) is 2.36. The molecule has 2 amide bonds. The first-order chi connectivity index (χ1) is 12.5. The predicted molar refractivity (Wildman–Crippen MR) is 96.5 cm³/mol. The first kappa shape index (κ1) is 17.3. The maximum Gasteiger partial charge on any atom is 0.255 e. The Morgan fingerprint density at radius 3 is 2.77 bits per heavy atom. The highest BCUT2D eigenvalue weighted by atomic mass is 16.3. The molecule has 7 nitrogen and oxygen atoms in total. The lowest BCUT2D eigenvalue weighted by atomic mass is 10.1. The Balaban J connectivity index is 1.67. The Morgan fingerprint density at radius 1 is 1.19 bits per heavy atom. The summed E-state index contributed by atoms with van der Waals surface area (Å²) in [6.07, 6.45) is 4.42. The lowest BCUT2D eigenvalue weighted by Crippen LogP contribution is -2.41. The van der Waals surface area contributed by atoms with Gasteiger partial charge in [0.25, 0.3) is 5.91 Å². The molecule has 0 saturated heterocycles. The van der Waals surface area contributed by atoms with Crippen molar-refractivity contribution in [1.29, 1.82) is 0 Å². The molecule has 0 spiro atoms. The van der Waals surface area contributed by atoms with Gasteiger partial charge in [0, 0.05) is 17.4 Å². The number of rotatable bonds is 5. The van der Waals surface area contributed by atoms with Crippen LogP contribution in [0.5, 0.6) is 0 Å². The number of carbonyl (C=O) groups is 2. The largest absolute Gasteiger partial charge is 0.472 e. The summed E-state index contributed by atoms with van der Waals surface area (Å²) in [5.74, 6) is -0.0167. The summed E-state index contributed by atoms with van der Waals surface area (Å²) < 4.78 is 4.87. The molecule has 1 atom stereocenters. The van der Waals surface area contributed by atoms with Gasteiger partial charge in [0.2, 0.25) is 5.91 Å². The van der Waals surface area contributed by atoms with Crippen molar-refractivity contribution >= 4 is 17.5 Å². The van der Waals surface area contributed by atoms with E-state index in [-0.39, 0.29) is 11.8 Å². The van der Waals surface area contributed by atoms with Gasteiger partial charge >= 0.3 is 0 Å². The standard InChI is InChI=1S/C19H18N4O3/c1-12(21-19(25)15-7-9-26-11-15)18(24)23-16-5-3-4-14(10-16)17-6-8-20-13(2)22-17/h3-12H,1-2H3,(H,21,25)(H,23,24). The molecule has 2 aromatic heterocycles. The highest BCUT2D eigenvalue weighted by Gasteiger charge is 2.17. The maximum atomic E-state index is 12.3. The van der Waals surface area contributed by atoms with Gasteiger partial charge in [-0.05, 0) is 38.1 Å². The fourth-order valence-corrected chi connectivity index (χ4v) is 2.36. The van der Waals surface area contributed by atoms with Gasteiger partial charge in [-0.1, -0.05) is 12.1 Å². The van der Waals surface area contributed by atoms with E-state index in [1.54, 1.807) is 19.2 Å². The quantitative estimate of drug-likeness (QED) is 0.737. The van der Waals surface area contributed by atoms with Crippen LogP contribution in [0, 0.1) is 6.92 Å². The zero-order valence-corrected chi connectivity index (χ0v) is 14.4. The molecular weight excluding hydrogens is 332 g/mol. The Morgan fingerprint density at radius 2 is 2.04 bits per heavy atom. The first-order valence-electron chi connectivity index (χ1n) is 8.07. The molecule has 1 unspecified atom stereocenters. The van der Waals surface area contributed by atoms with Crippen LogP contribution in [0.15, 0.2) is 59.5 Å². The van der Waals surface area contributed by atoms with E-state index < -0.39 is 6.04 Å². The number of nitrogens with one attached hydrogen (secondary N) is 2. The van der Waals surface area contributed by atoms with Gasteiger partial charge < -0.3 is 15.1 Å². The van der Waals surface area contributed by atoms with E-state index in [4.69, 9.17) is 4.42 Å². The van der Waals surface area contributed by atoms with Crippen LogP contribution in [0.25, 0.3) is 11.3 Å². The van der Waals surface area contributed by atoms with Gasteiger partial charge in [-0.15, -0.1) is 0 Å². The molecule has 7 heteroatoms. The van der Waals surface area contributed by atoms with Crippen LogP contribution < -0.4 is 10.6 Å². The molecule has 0 aliphatic carbocycles. The Hall–Kier alpha value is -3.48. The molecule has 3 aromatic rings. The molecule has 3 rings (SSSR count). The minimum absolute atomic E-state index is 0.321. The topological polar surface area (TPSA) is 97.1 Å². The summed E-state index contributed by atoms with van der Waals surface area (Å²) in [5, 5.41) is 5.42. The first-order valence-corrected chi connectivity index (χ1v) is 8.07. The molecule has 0 aliphatic rings. The maximum absolute atomic E-state index is 12.3. The van der Waals surface area contributed by atoms with Crippen molar-refractivity contribution in [2.45, 2.75) is 19.9 Å². The number of hydrogen-bond acceptors (Lipinski definition) is 5. The molecule has 0 fully saturated rings. The van der Waals surface area contributed by atoms with Gasteiger partial charge in [0.1, 0.15) is 18.1 Å². The van der Waals surface area contributed by atoms with Gasteiger partial charge in [0.05, 0.1) is 17.5 Å². The number of carbonyl (C=O) groups excluding carboxylic acids is 2. The van der Waals surface area contributed by atoms with Crippen molar-refractivity contribution in [2.75, 3.05) is 5.32 Å². The van der Waals surface area contributed by atoms with E-state index in [1.165, 1.54) is 18.6 Å². The van der Waals surface area contributed by atoms with E-state index in [9.17, 15) is 9.59 Å². The number of nitrogens with zero attached hydrogens (tertiary/aromatic N) is 2. The fraction of sp³-hybridized carbons (Fsp3) is 0.158. The minimum Gasteiger partial charge on any atom is -0.472 e. The number of aromatic nitrogens is 2. The minimum atomic E-state index is -0.706. The number of furan rings is 1. The second-order valence-electron chi connectivity index (χ2n) is 5.77. The van der Waals surface area contributed by atoms with Crippen molar-refractivity contribution in [3.8, 4) is 11.3 Å². The lowest BCUT2D eigenvalue weighted by molar-refractivity contribution is -0.117. The lowest BCUT2D eigenvalue weighted by Gasteiger charge is -2.14. The average Bonchev–Trinajstić information content (AvgIpc) is 3.16. The van der Waals surface area contributed by atoms with Crippen molar-refractivity contribution in [3.63, 3.8) is 0 Å². The third-order valence-electron chi connectivity index (χ3n) is 3.73. The van der Waals surface area contributed by atoms with Crippen molar-refractivity contribution < 1.29 is 14.0 Å². The van der Waals surface area contributed by atoms with E-state index in [1.807, 2.05) is 31.2 Å². The van der Waals surface area contributed by atoms with Crippen LogP contribution in [0.4, 0.5) is 5.69 Å². The van der Waals surface area contributed by atoms with E-state index in [2.05, 4.69) is 20.6 Å². The van der Waals surface area contributed by atoms with E-state index in [0.29, 0.717) is 17.1 Å². The number of benzene rings is 1. The molecule has 1 aromatic carbocycles. The summed E-state index contributed by atoms with van der Waals surface area (Å²) in [7, 11) is 0. The number of amides is 2. The van der Waals surface area contributed by atoms with Gasteiger partial charge in [-0.2, -0.15) is 0 Å². The third-order valence-corrected chi connectivity index (χ3v) is 3.73. The molecule has 132 valence electrons. The normalized spacial score (nSPS) is 11.6. The Labute approximate surface area is 150 Å². The SMILES string of the molecule is Cc1nccc(-c2cccc(NC(=O)C(C)NC(=O)c3ccoc3)c2)n1. The molecule has 2 N–H and O–H groups in total. The summed E-state index contributed by atoms with van der Waals surface area (Å²) >= 11 is 0. The molecule has 0 radical (unpaired) electrons. The van der Waals surface area contributed by atoms with Crippen LogP contribution in [0.2, 0.25) is 0 Å². The molecule has 2 heterocycles. The zero-order chi connectivity index (χ0) is 18.5.